The summed E-state index contributed by atoms with van der Waals surface area (Å²) in [6.45, 7) is 3.25. The van der Waals surface area contributed by atoms with Crippen LogP contribution in [0.3, 0.4) is 0 Å². The Morgan fingerprint density at radius 3 is 2.86 bits per heavy atom. The summed E-state index contributed by atoms with van der Waals surface area (Å²) < 4.78 is 15.5. The van der Waals surface area contributed by atoms with E-state index in [2.05, 4.69) is 0 Å². The number of halogens is 1. The number of nitrogens with zero attached hydrogens (tertiary/aromatic N) is 1. The van der Waals surface area contributed by atoms with Gasteiger partial charge in [-0.25, -0.2) is 4.39 Å². The van der Waals surface area contributed by atoms with E-state index >= 15 is 0 Å². The first-order valence-electron chi connectivity index (χ1n) is 4.74. The Bertz CT molecular complexity index is 460. The van der Waals surface area contributed by atoms with Gasteiger partial charge in [-0.2, -0.15) is 0 Å². The van der Waals surface area contributed by atoms with Gasteiger partial charge in [-0.1, -0.05) is 6.07 Å². The maximum absolute atomic E-state index is 13.5. The van der Waals surface area contributed by atoms with Gasteiger partial charge in [0, 0.05) is 24.7 Å². The lowest BCUT2D eigenvalue weighted by molar-refractivity contribution is 0.638. The minimum Gasteiger partial charge on any atom is -0.347 e. The Balaban J connectivity index is 2.82. The Morgan fingerprint density at radius 1 is 1.43 bits per heavy atom. The van der Waals surface area contributed by atoms with Crippen LogP contribution in [-0.4, -0.2) is 4.57 Å². The summed E-state index contributed by atoms with van der Waals surface area (Å²) in [5.74, 6) is -0.185. The highest BCUT2D eigenvalue weighted by molar-refractivity contribution is 5.84. The van der Waals surface area contributed by atoms with Gasteiger partial charge in [0.25, 0.3) is 0 Å². The molecule has 3 heteroatoms. The van der Waals surface area contributed by atoms with Crippen molar-refractivity contribution >= 4 is 10.9 Å². The van der Waals surface area contributed by atoms with Crippen molar-refractivity contribution in [2.24, 2.45) is 5.73 Å². The van der Waals surface area contributed by atoms with Crippen LogP contribution in [0, 0.1) is 5.82 Å². The molecule has 1 aromatic heterocycles. The lowest BCUT2D eigenvalue weighted by Crippen LogP contribution is -1.95. The molecule has 0 saturated carbocycles. The molecule has 14 heavy (non-hydrogen) atoms. The maximum Gasteiger partial charge on any atom is 0.132 e. The van der Waals surface area contributed by atoms with Gasteiger partial charge in [0.1, 0.15) is 5.82 Å². The number of aromatic nitrogens is 1. The first-order valence-corrected chi connectivity index (χ1v) is 4.74. The second-order valence-corrected chi connectivity index (χ2v) is 3.28. The second-order valence-electron chi connectivity index (χ2n) is 3.28. The van der Waals surface area contributed by atoms with Crippen LogP contribution < -0.4 is 5.73 Å². The van der Waals surface area contributed by atoms with Crippen LogP contribution in [-0.2, 0) is 13.1 Å². The molecule has 0 amide bonds. The number of nitrogens with two attached hydrogens (primary N) is 1. The summed E-state index contributed by atoms with van der Waals surface area (Å²) >= 11 is 0. The molecule has 0 aliphatic heterocycles. The quantitative estimate of drug-likeness (QED) is 0.777. The molecule has 0 radical (unpaired) electrons. The molecule has 0 aliphatic rings. The fourth-order valence-corrected chi connectivity index (χ4v) is 1.81. The maximum atomic E-state index is 13.5. The lowest BCUT2D eigenvalue weighted by Gasteiger charge is -1.99. The molecule has 1 aromatic carbocycles. The molecule has 0 unspecified atom stereocenters. The number of hydrogen-bond donors (Lipinski definition) is 1. The highest BCUT2D eigenvalue weighted by Crippen LogP contribution is 2.23. The third-order valence-electron chi connectivity index (χ3n) is 2.49. The molecule has 0 bridgehead atoms. The third-order valence-corrected chi connectivity index (χ3v) is 2.49. The van der Waals surface area contributed by atoms with E-state index < -0.39 is 0 Å². The minimum atomic E-state index is -0.185. The van der Waals surface area contributed by atoms with Crippen LogP contribution in [0.15, 0.2) is 24.4 Å². The van der Waals surface area contributed by atoms with Crippen LogP contribution in [0.4, 0.5) is 4.39 Å². The number of aryl methyl sites for hydroxylation is 1. The molecule has 2 rings (SSSR count). The Kier molecular flexibility index (Phi) is 2.25. The fourth-order valence-electron chi connectivity index (χ4n) is 1.81. The molecular weight excluding hydrogens is 179 g/mol. The largest absolute Gasteiger partial charge is 0.347 e. The second kappa shape index (κ2) is 3.42. The van der Waals surface area contributed by atoms with Crippen LogP contribution >= 0.6 is 0 Å². The monoisotopic (exact) mass is 192 g/mol. The zero-order valence-corrected chi connectivity index (χ0v) is 8.13. The molecule has 2 N–H and O–H groups in total. The summed E-state index contributed by atoms with van der Waals surface area (Å²) in [4.78, 5) is 0. The van der Waals surface area contributed by atoms with E-state index in [1.54, 1.807) is 6.07 Å². The molecule has 2 nitrogen and oxygen atoms in total. The van der Waals surface area contributed by atoms with Gasteiger partial charge < -0.3 is 10.3 Å². The van der Waals surface area contributed by atoms with E-state index in [0.717, 1.165) is 17.6 Å². The molecule has 0 spiro atoms. The van der Waals surface area contributed by atoms with Gasteiger partial charge >= 0.3 is 0 Å². The molecule has 2 aromatic rings. The summed E-state index contributed by atoms with van der Waals surface area (Å²) in [7, 11) is 0. The SMILES string of the molecule is CCn1cc(CN)c2c(F)cccc21. The van der Waals surface area contributed by atoms with E-state index in [4.69, 9.17) is 5.73 Å². The van der Waals surface area contributed by atoms with Crippen LogP contribution in [0.1, 0.15) is 12.5 Å². The van der Waals surface area contributed by atoms with Crippen molar-refractivity contribution in [3.05, 3.63) is 35.8 Å². The number of benzene rings is 1. The zero-order valence-electron chi connectivity index (χ0n) is 8.13. The van der Waals surface area contributed by atoms with Crippen molar-refractivity contribution in [2.45, 2.75) is 20.0 Å². The molecule has 74 valence electrons. The molecular formula is C11H13FN2. The number of rotatable bonds is 2. The number of hydrogen-bond acceptors (Lipinski definition) is 1. The van der Waals surface area contributed by atoms with Crippen LogP contribution in [0.2, 0.25) is 0 Å². The van der Waals surface area contributed by atoms with Crippen molar-refractivity contribution in [1.29, 1.82) is 0 Å². The first kappa shape index (κ1) is 9.21. The fraction of sp³-hybridized carbons (Fsp3) is 0.273. The first-order chi connectivity index (χ1) is 6.77. The van der Waals surface area contributed by atoms with Crippen molar-refractivity contribution < 1.29 is 4.39 Å². The standard InChI is InChI=1S/C11H13FN2/c1-2-14-7-8(6-13)11-9(12)4-3-5-10(11)14/h3-5,7H,2,6,13H2,1H3. The van der Waals surface area contributed by atoms with Crippen LogP contribution in [0.5, 0.6) is 0 Å². The van der Waals surface area contributed by atoms with E-state index in [1.807, 2.05) is 23.8 Å². The molecule has 0 aliphatic carbocycles. The minimum absolute atomic E-state index is 0.185. The van der Waals surface area contributed by atoms with Crippen molar-refractivity contribution in [3.63, 3.8) is 0 Å². The predicted octanol–water partition coefficient (Wildman–Crippen LogP) is 2.26. The molecule has 0 saturated heterocycles. The van der Waals surface area contributed by atoms with Gasteiger partial charge in [0.2, 0.25) is 0 Å². The normalized spacial score (nSPS) is 11.1. The zero-order chi connectivity index (χ0) is 10.1. The molecule has 1 heterocycles. The number of fused-ring (bicyclic) bond motifs is 1. The van der Waals surface area contributed by atoms with Crippen molar-refractivity contribution in [2.75, 3.05) is 0 Å². The van der Waals surface area contributed by atoms with Gasteiger partial charge in [0.05, 0.1) is 5.52 Å². The van der Waals surface area contributed by atoms with E-state index in [9.17, 15) is 4.39 Å². The van der Waals surface area contributed by atoms with Gasteiger partial charge in [0.15, 0.2) is 0 Å². The highest BCUT2D eigenvalue weighted by atomic mass is 19.1. The van der Waals surface area contributed by atoms with Gasteiger partial charge in [-0.05, 0) is 24.6 Å². The van der Waals surface area contributed by atoms with E-state index in [0.29, 0.717) is 11.9 Å². The average Bonchev–Trinajstić information content (AvgIpc) is 2.57. The molecule has 0 fully saturated rings. The summed E-state index contributed by atoms with van der Waals surface area (Å²) in [5, 5.41) is 0.664. The van der Waals surface area contributed by atoms with Crippen molar-refractivity contribution in [3.8, 4) is 0 Å². The molecule has 0 atom stereocenters. The summed E-state index contributed by atoms with van der Waals surface area (Å²) in [5.41, 5.74) is 7.37. The topological polar surface area (TPSA) is 30.9 Å². The Hall–Kier alpha value is -1.35. The van der Waals surface area contributed by atoms with Crippen LogP contribution in [0.25, 0.3) is 10.9 Å². The smallest absolute Gasteiger partial charge is 0.132 e. The van der Waals surface area contributed by atoms with Gasteiger partial charge in [-0.3, -0.25) is 0 Å². The Morgan fingerprint density at radius 2 is 2.21 bits per heavy atom. The lowest BCUT2D eigenvalue weighted by atomic mass is 10.1. The highest BCUT2D eigenvalue weighted by Gasteiger charge is 2.09. The summed E-state index contributed by atoms with van der Waals surface area (Å²) in [6.07, 6.45) is 1.92. The third kappa shape index (κ3) is 1.21. The average molecular weight is 192 g/mol. The van der Waals surface area contributed by atoms with Gasteiger partial charge in [-0.15, -0.1) is 0 Å². The van der Waals surface area contributed by atoms with E-state index in [-0.39, 0.29) is 5.82 Å². The summed E-state index contributed by atoms with van der Waals surface area (Å²) in [6, 6.07) is 5.12. The van der Waals surface area contributed by atoms with Crippen molar-refractivity contribution in [1.82, 2.24) is 4.57 Å². The Labute approximate surface area is 82.1 Å². The predicted molar refractivity (Wildman–Crippen MR) is 55.5 cm³/mol. The van der Waals surface area contributed by atoms with E-state index in [1.165, 1.54) is 6.07 Å².